The van der Waals surface area contributed by atoms with E-state index in [2.05, 4.69) is 4.90 Å². The topological polar surface area (TPSA) is 45.7 Å². The summed E-state index contributed by atoms with van der Waals surface area (Å²) in [5.41, 5.74) is 0.804. The Hall–Kier alpha value is -2.09. The summed E-state index contributed by atoms with van der Waals surface area (Å²) in [7, 11) is 5.64. The van der Waals surface area contributed by atoms with Gasteiger partial charge in [-0.3, -0.25) is 9.69 Å². The predicted molar refractivity (Wildman–Crippen MR) is 114 cm³/mol. The van der Waals surface area contributed by atoms with Gasteiger partial charge in [-0.25, -0.2) is 4.98 Å². The van der Waals surface area contributed by atoms with Gasteiger partial charge in [0, 0.05) is 18.0 Å². The van der Waals surface area contributed by atoms with Crippen LogP contribution in [0.5, 0.6) is 5.75 Å². The molecule has 1 aromatic heterocycles. The van der Waals surface area contributed by atoms with E-state index < -0.39 is 0 Å². The van der Waals surface area contributed by atoms with E-state index in [0.29, 0.717) is 12.3 Å². The second-order valence-corrected chi connectivity index (χ2v) is 8.31. The van der Waals surface area contributed by atoms with Crippen molar-refractivity contribution in [2.75, 3.05) is 44.9 Å². The fraction of sp³-hybridized carbons (Fsp3) is 0.300. The van der Waals surface area contributed by atoms with Gasteiger partial charge >= 0.3 is 0 Å². The summed E-state index contributed by atoms with van der Waals surface area (Å²) in [5, 5.41) is 0.718. The zero-order valence-corrected chi connectivity index (χ0v) is 17.3. The number of thiazole rings is 1. The number of hydrogen-bond acceptors (Lipinski definition) is 6. The molecule has 7 heteroatoms. The van der Waals surface area contributed by atoms with E-state index in [1.165, 1.54) is 11.3 Å². The van der Waals surface area contributed by atoms with Crippen LogP contribution in [0.4, 0.5) is 5.13 Å². The number of ether oxygens (including phenoxy) is 1. The molecular formula is C20H23N3O2S2. The normalized spacial score (nSPS) is 11.1. The van der Waals surface area contributed by atoms with Crippen LogP contribution < -0.4 is 9.64 Å². The number of fused-ring (bicyclic) bond motifs is 1. The molecule has 0 saturated heterocycles. The maximum Gasteiger partial charge on any atom is 0.239 e. The van der Waals surface area contributed by atoms with E-state index in [9.17, 15) is 4.79 Å². The number of para-hydroxylation sites is 1. The molecule has 2 aromatic carbocycles. The molecule has 0 spiro atoms. The molecule has 0 unspecified atom stereocenters. The summed E-state index contributed by atoms with van der Waals surface area (Å²) in [6, 6.07) is 15.8. The highest BCUT2D eigenvalue weighted by atomic mass is 32.2. The zero-order chi connectivity index (χ0) is 19.2. The number of carbonyl (C=O) groups excluding carboxylic acids is 1. The number of methoxy groups -OCH3 is 1. The Balaban J connectivity index is 1.83. The molecule has 3 rings (SSSR count). The average molecular weight is 402 g/mol. The molecule has 0 aliphatic rings. The summed E-state index contributed by atoms with van der Waals surface area (Å²) >= 11 is 3.07. The van der Waals surface area contributed by atoms with Crippen LogP contribution in [0, 0.1) is 0 Å². The highest BCUT2D eigenvalue weighted by Crippen LogP contribution is 2.34. The van der Waals surface area contributed by atoms with Gasteiger partial charge in [0.25, 0.3) is 0 Å². The fourth-order valence-corrected chi connectivity index (χ4v) is 4.38. The largest absolute Gasteiger partial charge is 0.494 e. The van der Waals surface area contributed by atoms with Gasteiger partial charge in [-0.15, -0.1) is 11.8 Å². The average Bonchev–Trinajstić information content (AvgIpc) is 3.11. The van der Waals surface area contributed by atoms with Crippen molar-refractivity contribution < 1.29 is 9.53 Å². The molecule has 27 heavy (non-hydrogen) atoms. The zero-order valence-electron chi connectivity index (χ0n) is 15.7. The Labute approximate surface area is 168 Å². The number of amides is 1. The summed E-state index contributed by atoms with van der Waals surface area (Å²) in [6.07, 6.45) is 0. The lowest BCUT2D eigenvalue weighted by Crippen LogP contribution is -2.37. The Bertz CT molecular complexity index is 897. The van der Waals surface area contributed by atoms with Crippen molar-refractivity contribution in [1.29, 1.82) is 0 Å². The number of carbonyl (C=O) groups is 1. The highest BCUT2D eigenvalue weighted by molar-refractivity contribution is 8.00. The first-order valence-electron chi connectivity index (χ1n) is 8.65. The van der Waals surface area contributed by atoms with E-state index in [4.69, 9.17) is 9.72 Å². The molecule has 0 saturated carbocycles. The van der Waals surface area contributed by atoms with Crippen molar-refractivity contribution in [3.05, 3.63) is 48.5 Å². The number of likely N-dealkylation sites (N-methyl/N-ethyl adjacent to an activating group) is 1. The van der Waals surface area contributed by atoms with Crippen molar-refractivity contribution in [1.82, 2.24) is 9.88 Å². The second kappa shape index (κ2) is 9.21. The summed E-state index contributed by atoms with van der Waals surface area (Å²) < 4.78 is 6.43. The van der Waals surface area contributed by atoms with Gasteiger partial charge in [0.1, 0.15) is 11.3 Å². The van der Waals surface area contributed by atoms with E-state index >= 15 is 0 Å². The monoisotopic (exact) mass is 401 g/mol. The molecule has 0 aliphatic heterocycles. The molecular weight excluding hydrogens is 378 g/mol. The minimum Gasteiger partial charge on any atom is -0.494 e. The quantitative estimate of drug-likeness (QED) is 0.534. The number of rotatable bonds is 8. The number of hydrogen-bond donors (Lipinski definition) is 0. The Morgan fingerprint density at radius 1 is 1.11 bits per heavy atom. The fourth-order valence-electron chi connectivity index (χ4n) is 2.56. The van der Waals surface area contributed by atoms with E-state index in [1.54, 1.807) is 23.8 Å². The van der Waals surface area contributed by atoms with Crippen LogP contribution in [0.1, 0.15) is 0 Å². The van der Waals surface area contributed by atoms with Gasteiger partial charge < -0.3 is 9.64 Å². The second-order valence-electron chi connectivity index (χ2n) is 6.25. The maximum absolute atomic E-state index is 13.0. The third kappa shape index (κ3) is 5.00. The van der Waals surface area contributed by atoms with Crippen molar-refractivity contribution in [2.45, 2.75) is 4.90 Å². The highest BCUT2D eigenvalue weighted by Gasteiger charge is 2.21. The smallest absolute Gasteiger partial charge is 0.239 e. The number of nitrogens with zero attached hydrogens (tertiary/aromatic N) is 3. The first-order valence-corrected chi connectivity index (χ1v) is 10.4. The third-order valence-corrected chi connectivity index (χ3v) is 6.04. The molecule has 0 aliphatic carbocycles. The number of aromatic nitrogens is 1. The summed E-state index contributed by atoms with van der Waals surface area (Å²) in [4.78, 5) is 22.6. The summed E-state index contributed by atoms with van der Waals surface area (Å²) in [6.45, 7) is 1.37. The standard InChI is InChI=1S/C20H23N3O2S2/c1-22(2)12-13-23(18(24)14-26-15-8-5-4-6-9-15)20-21-19-16(25-3)10-7-11-17(19)27-20/h4-11H,12-14H2,1-3H3. The van der Waals surface area contributed by atoms with Gasteiger partial charge in [-0.05, 0) is 38.4 Å². The molecule has 0 radical (unpaired) electrons. The molecule has 5 nitrogen and oxygen atoms in total. The van der Waals surface area contributed by atoms with E-state index in [0.717, 1.165) is 32.5 Å². The lowest BCUT2D eigenvalue weighted by Gasteiger charge is -2.21. The van der Waals surface area contributed by atoms with Crippen molar-refractivity contribution >= 4 is 44.4 Å². The van der Waals surface area contributed by atoms with Crippen LogP contribution in [0.15, 0.2) is 53.4 Å². The van der Waals surface area contributed by atoms with Gasteiger partial charge in [-0.2, -0.15) is 0 Å². The Kier molecular flexibility index (Phi) is 6.71. The van der Waals surface area contributed by atoms with Crippen molar-refractivity contribution in [2.24, 2.45) is 0 Å². The van der Waals surface area contributed by atoms with Crippen LogP contribution in [-0.4, -0.2) is 55.8 Å². The molecule has 0 atom stereocenters. The van der Waals surface area contributed by atoms with Crippen molar-refractivity contribution in [3.8, 4) is 5.75 Å². The minimum absolute atomic E-state index is 0.0590. The van der Waals surface area contributed by atoms with Crippen LogP contribution in [0.3, 0.4) is 0 Å². The van der Waals surface area contributed by atoms with Gasteiger partial charge in [0.15, 0.2) is 5.13 Å². The van der Waals surface area contributed by atoms with E-state index in [1.807, 2.05) is 62.6 Å². The van der Waals surface area contributed by atoms with E-state index in [-0.39, 0.29) is 5.91 Å². The molecule has 3 aromatic rings. The molecule has 1 amide bonds. The minimum atomic E-state index is 0.0590. The number of anilines is 1. The van der Waals surface area contributed by atoms with Gasteiger partial charge in [0.05, 0.1) is 17.6 Å². The lowest BCUT2D eigenvalue weighted by molar-refractivity contribution is -0.116. The molecule has 0 bridgehead atoms. The first-order chi connectivity index (χ1) is 13.1. The Morgan fingerprint density at radius 3 is 2.59 bits per heavy atom. The molecule has 1 heterocycles. The van der Waals surface area contributed by atoms with Crippen LogP contribution in [0.25, 0.3) is 10.2 Å². The first kappa shape index (κ1) is 19.7. The molecule has 0 N–H and O–H groups in total. The molecule has 142 valence electrons. The van der Waals surface area contributed by atoms with Gasteiger partial charge in [-0.1, -0.05) is 35.6 Å². The number of benzene rings is 2. The number of thioether (sulfide) groups is 1. The SMILES string of the molecule is COc1cccc2sc(N(CCN(C)C)C(=O)CSc3ccccc3)nc12. The predicted octanol–water partition coefficient (Wildman–Crippen LogP) is 3.99. The summed E-state index contributed by atoms with van der Waals surface area (Å²) in [5.74, 6) is 1.17. The molecule has 0 fully saturated rings. The Morgan fingerprint density at radius 2 is 1.89 bits per heavy atom. The van der Waals surface area contributed by atoms with Crippen LogP contribution >= 0.6 is 23.1 Å². The van der Waals surface area contributed by atoms with Gasteiger partial charge in [0.2, 0.25) is 5.91 Å². The van der Waals surface area contributed by atoms with Crippen LogP contribution in [0.2, 0.25) is 0 Å². The maximum atomic E-state index is 13.0. The van der Waals surface area contributed by atoms with Crippen molar-refractivity contribution in [3.63, 3.8) is 0 Å². The lowest BCUT2D eigenvalue weighted by atomic mass is 10.3. The van der Waals surface area contributed by atoms with Crippen LogP contribution in [-0.2, 0) is 4.79 Å². The third-order valence-electron chi connectivity index (χ3n) is 4.00.